The van der Waals surface area contributed by atoms with E-state index in [-0.39, 0.29) is 0 Å². The van der Waals surface area contributed by atoms with Crippen molar-refractivity contribution in [2.24, 2.45) is 0 Å². The lowest BCUT2D eigenvalue weighted by molar-refractivity contribution is -0.904. The van der Waals surface area contributed by atoms with E-state index in [9.17, 15) is 5.11 Å². The summed E-state index contributed by atoms with van der Waals surface area (Å²) < 4.78 is 1.04. The number of benzene rings is 2. The van der Waals surface area contributed by atoms with E-state index in [0.717, 1.165) is 47.8 Å². The van der Waals surface area contributed by atoms with Crippen LogP contribution in [0.1, 0.15) is 11.7 Å². The molecule has 0 aliphatic carbocycles. The summed E-state index contributed by atoms with van der Waals surface area (Å²) in [4.78, 5) is 3.81. The molecule has 2 aromatic carbocycles. The smallest absolute Gasteiger partial charge is 0.128 e. The Morgan fingerprint density at radius 3 is 2.48 bits per heavy atom. The van der Waals surface area contributed by atoms with E-state index < -0.39 is 6.10 Å². The standard InChI is InChI=1S/C18H20BrClN2O/c19-15-6-4-14(5-7-15)18(23)13-21-8-10-22(11-9-21)17-3-1-2-16(20)12-17/h1-7,12,18,23H,8-11,13H2/p+1/t18-/m1/s1. The van der Waals surface area contributed by atoms with Crippen LogP contribution in [-0.2, 0) is 0 Å². The average molecular weight is 397 g/mol. The van der Waals surface area contributed by atoms with Gasteiger partial charge in [-0.15, -0.1) is 0 Å². The highest BCUT2D eigenvalue weighted by molar-refractivity contribution is 9.10. The summed E-state index contributed by atoms with van der Waals surface area (Å²) in [6.45, 7) is 4.79. The molecular formula is C18H21BrClN2O+. The molecule has 1 aliphatic rings. The summed E-state index contributed by atoms with van der Waals surface area (Å²) >= 11 is 9.50. The van der Waals surface area contributed by atoms with Crippen molar-refractivity contribution in [3.63, 3.8) is 0 Å². The first-order valence-corrected chi connectivity index (χ1v) is 9.06. The van der Waals surface area contributed by atoms with Crippen molar-refractivity contribution in [1.29, 1.82) is 0 Å². The Bertz CT molecular complexity index is 642. The molecule has 23 heavy (non-hydrogen) atoms. The minimum absolute atomic E-state index is 0.407. The predicted molar refractivity (Wildman–Crippen MR) is 98.3 cm³/mol. The maximum absolute atomic E-state index is 10.4. The number of anilines is 1. The third-order valence-corrected chi connectivity index (χ3v) is 5.14. The van der Waals surface area contributed by atoms with Gasteiger partial charge in [-0.05, 0) is 35.9 Å². The molecule has 1 saturated heterocycles. The largest absolute Gasteiger partial charge is 0.382 e. The maximum atomic E-state index is 10.4. The van der Waals surface area contributed by atoms with E-state index in [0.29, 0.717) is 0 Å². The summed E-state index contributed by atoms with van der Waals surface area (Å²) in [5, 5.41) is 11.2. The number of rotatable bonds is 4. The van der Waals surface area contributed by atoms with Gasteiger partial charge in [-0.25, -0.2) is 0 Å². The Hall–Kier alpha value is -1.07. The number of nitrogens with zero attached hydrogens (tertiary/aromatic N) is 1. The molecule has 1 fully saturated rings. The second kappa shape index (κ2) is 7.67. The second-order valence-electron chi connectivity index (χ2n) is 5.99. The Morgan fingerprint density at radius 2 is 1.83 bits per heavy atom. The van der Waals surface area contributed by atoms with Crippen molar-refractivity contribution in [3.8, 4) is 0 Å². The van der Waals surface area contributed by atoms with Crippen molar-refractivity contribution >= 4 is 33.2 Å². The van der Waals surface area contributed by atoms with Crippen LogP contribution in [0.15, 0.2) is 53.0 Å². The lowest BCUT2D eigenvalue weighted by Crippen LogP contribution is -3.15. The third kappa shape index (κ3) is 4.48. The zero-order valence-electron chi connectivity index (χ0n) is 12.9. The zero-order valence-corrected chi connectivity index (χ0v) is 15.2. The minimum atomic E-state index is -0.407. The van der Waals surface area contributed by atoms with Gasteiger partial charge in [-0.1, -0.05) is 45.7 Å². The fourth-order valence-electron chi connectivity index (χ4n) is 3.03. The summed E-state index contributed by atoms with van der Waals surface area (Å²) in [5.74, 6) is 0. The first-order valence-electron chi connectivity index (χ1n) is 7.89. The molecule has 0 amide bonds. The number of nitrogens with one attached hydrogen (secondary N) is 1. The Labute approximate surface area is 150 Å². The van der Waals surface area contributed by atoms with Gasteiger partial charge in [0.25, 0.3) is 0 Å². The van der Waals surface area contributed by atoms with Crippen LogP contribution in [0.5, 0.6) is 0 Å². The number of hydrogen-bond acceptors (Lipinski definition) is 2. The molecule has 122 valence electrons. The van der Waals surface area contributed by atoms with Crippen molar-refractivity contribution < 1.29 is 10.0 Å². The Kier molecular flexibility index (Phi) is 5.59. The summed E-state index contributed by atoms with van der Waals surface area (Å²) in [7, 11) is 0. The number of piperazine rings is 1. The van der Waals surface area contributed by atoms with E-state index in [4.69, 9.17) is 11.6 Å². The van der Waals surface area contributed by atoms with E-state index in [1.807, 2.05) is 42.5 Å². The van der Waals surface area contributed by atoms with Crippen LogP contribution in [0.25, 0.3) is 0 Å². The molecule has 0 saturated carbocycles. The van der Waals surface area contributed by atoms with Gasteiger partial charge in [-0.3, -0.25) is 0 Å². The van der Waals surface area contributed by atoms with Crippen LogP contribution in [0.2, 0.25) is 5.02 Å². The van der Waals surface area contributed by atoms with Crippen LogP contribution in [-0.4, -0.2) is 37.8 Å². The lowest BCUT2D eigenvalue weighted by atomic mass is 10.1. The molecule has 0 unspecified atom stereocenters. The van der Waals surface area contributed by atoms with Crippen LogP contribution >= 0.6 is 27.5 Å². The van der Waals surface area contributed by atoms with Gasteiger partial charge in [0.2, 0.25) is 0 Å². The van der Waals surface area contributed by atoms with E-state index >= 15 is 0 Å². The SMILES string of the molecule is O[C@H](C[NH+]1CCN(c2cccc(Cl)c2)CC1)c1ccc(Br)cc1. The molecule has 2 aromatic rings. The lowest BCUT2D eigenvalue weighted by Gasteiger charge is -2.34. The van der Waals surface area contributed by atoms with Crippen LogP contribution in [0, 0.1) is 0 Å². The molecule has 0 aromatic heterocycles. The summed E-state index contributed by atoms with van der Waals surface area (Å²) in [5.41, 5.74) is 2.17. The molecule has 3 nitrogen and oxygen atoms in total. The number of quaternary nitrogens is 1. The first kappa shape index (κ1) is 16.8. The van der Waals surface area contributed by atoms with Gasteiger partial charge in [0.05, 0.1) is 26.2 Å². The van der Waals surface area contributed by atoms with Crippen LogP contribution in [0.3, 0.4) is 0 Å². The normalized spacial score (nSPS) is 17.3. The quantitative estimate of drug-likeness (QED) is 0.831. The van der Waals surface area contributed by atoms with E-state index in [2.05, 4.69) is 26.9 Å². The molecule has 1 heterocycles. The summed E-state index contributed by atoms with van der Waals surface area (Å²) in [6, 6.07) is 15.9. The van der Waals surface area contributed by atoms with Gasteiger partial charge >= 0.3 is 0 Å². The number of aliphatic hydroxyl groups is 1. The Balaban J connectivity index is 1.54. The molecule has 5 heteroatoms. The fraction of sp³-hybridized carbons (Fsp3) is 0.333. The number of aliphatic hydroxyl groups excluding tert-OH is 1. The monoisotopic (exact) mass is 395 g/mol. The molecule has 1 aliphatic heterocycles. The molecule has 0 radical (unpaired) electrons. The van der Waals surface area contributed by atoms with Gasteiger partial charge in [0.1, 0.15) is 12.6 Å². The second-order valence-corrected chi connectivity index (χ2v) is 7.34. The molecular weight excluding hydrogens is 376 g/mol. The molecule has 1 atom stereocenters. The van der Waals surface area contributed by atoms with E-state index in [1.165, 1.54) is 10.6 Å². The van der Waals surface area contributed by atoms with Crippen molar-refractivity contribution in [1.82, 2.24) is 0 Å². The van der Waals surface area contributed by atoms with Crippen molar-refractivity contribution in [3.05, 3.63) is 63.6 Å². The number of hydrogen-bond donors (Lipinski definition) is 2. The minimum Gasteiger partial charge on any atom is -0.382 e. The molecule has 0 spiro atoms. The van der Waals surface area contributed by atoms with Gasteiger partial charge in [-0.2, -0.15) is 0 Å². The average Bonchev–Trinajstić information content (AvgIpc) is 2.56. The fourth-order valence-corrected chi connectivity index (χ4v) is 3.48. The van der Waals surface area contributed by atoms with Crippen molar-refractivity contribution in [2.45, 2.75) is 6.10 Å². The van der Waals surface area contributed by atoms with Crippen LogP contribution < -0.4 is 9.80 Å². The first-order chi connectivity index (χ1) is 11.1. The third-order valence-electron chi connectivity index (χ3n) is 4.38. The topological polar surface area (TPSA) is 27.9 Å². The highest BCUT2D eigenvalue weighted by Crippen LogP contribution is 2.19. The van der Waals surface area contributed by atoms with E-state index in [1.54, 1.807) is 0 Å². The number of halogens is 2. The molecule has 0 bridgehead atoms. The van der Waals surface area contributed by atoms with Gasteiger partial charge in [0, 0.05) is 15.2 Å². The van der Waals surface area contributed by atoms with Crippen LogP contribution in [0.4, 0.5) is 5.69 Å². The summed E-state index contributed by atoms with van der Waals surface area (Å²) in [6.07, 6.45) is -0.407. The van der Waals surface area contributed by atoms with Gasteiger partial charge in [0.15, 0.2) is 0 Å². The maximum Gasteiger partial charge on any atom is 0.128 e. The Morgan fingerprint density at radius 1 is 1.13 bits per heavy atom. The predicted octanol–water partition coefficient (Wildman–Crippen LogP) is 2.54. The highest BCUT2D eigenvalue weighted by atomic mass is 79.9. The highest BCUT2D eigenvalue weighted by Gasteiger charge is 2.23. The molecule has 3 rings (SSSR count). The zero-order chi connectivity index (χ0) is 16.2. The van der Waals surface area contributed by atoms with Crippen molar-refractivity contribution in [2.75, 3.05) is 37.6 Å². The van der Waals surface area contributed by atoms with Gasteiger partial charge < -0.3 is 14.9 Å². The molecule has 2 N–H and O–H groups in total.